The van der Waals surface area contributed by atoms with Crippen LogP contribution in [-0.4, -0.2) is 9.97 Å². The predicted octanol–water partition coefficient (Wildman–Crippen LogP) is 3.15. The number of nitrogens with one attached hydrogen (secondary N) is 1. The van der Waals surface area contributed by atoms with E-state index in [0.717, 1.165) is 11.5 Å². The number of hydrogen-bond donors (Lipinski definition) is 1. The van der Waals surface area contributed by atoms with E-state index in [1.165, 1.54) is 4.88 Å². The molecule has 3 nitrogen and oxygen atoms in total. The molecule has 0 radical (unpaired) electrons. The second-order valence-electron chi connectivity index (χ2n) is 4.12. The normalized spacial score (nSPS) is 11.1. The Bertz CT molecular complexity index is 560. The first-order valence-electron chi connectivity index (χ1n) is 5.39. The van der Waals surface area contributed by atoms with Crippen LogP contribution in [0.2, 0.25) is 0 Å². The fourth-order valence-corrected chi connectivity index (χ4v) is 3.16. The highest BCUT2D eigenvalue weighted by Gasteiger charge is 2.12. The van der Waals surface area contributed by atoms with Gasteiger partial charge in [-0.1, -0.05) is 19.9 Å². The van der Waals surface area contributed by atoms with E-state index < -0.39 is 0 Å². The van der Waals surface area contributed by atoms with Gasteiger partial charge in [0.05, 0.1) is 9.26 Å². The van der Waals surface area contributed by atoms with E-state index in [4.69, 9.17) is 0 Å². The molecule has 0 aliphatic carbocycles. The molecule has 0 aromatic carbocycles. The molecule has 0 aliphatic rings. The average molecular weight is 360 g/mol. The Morgan fingerprint density at radius 3 is 2.88 bits per heavy atom. The Kier molecular flexibility index (Phi) is 3.98. The van der Waals surface area contributed by atoms with E-state index in [2.05, 4.69) is 52.5 Å². The monoisotopic (exact) mass is 360 g/mol. The summed E-state index contributed by atoms with van der Waals surface area (Å²) in [5, 5.41) is 2.03. The summed E-state index contributed by atoms with van der Waals surface area (Å²) in [5.74, 6) is 1.02. The predicted molar refractivity (Wildman–Crippen MR) is 78.8 cm³/mol. The van der Waals surface area contributed by atoms with Gasteiger partial charge in [0.2, 0.25) is 0 Å². The van der Waals surface area contributed by atoms with Crippen molar-refractivity contribution < 1.29 is 0 Å². The van der Waals surface area contributed by atoms with Crippen molar-refractivity contribution in [3.05, 3.63) is 47.8 Å². The summed E-state index contributed by atoms with van der Waals surface area (Å²) in [6.07, 6.45) is 0.698. The van der Waals surface area contributed by atoms with Gasteiger partial charge in [-0.3, -0.25) is 4.79 Å². The summed E-state index contributed by atoms with van der Waals surface area (Å²) in [6.45, 7) is 4.11. The SMILES string of the molecule is CC(C)c1nc(Cc2cccs2)[nH]c(=O)c1I. The van der Waals surface area contributed by atoms with Gasteiger partial charge in [-0.25, -0.2) is 4.98 Å². The number of nitrogens with zero attached hydrogens (tertiary/aromatic N) is 1. The number of hydrogen-bond acceptors (Lipinski definition) is 3. The molecule has 2 aromatic rings. The molecule has 0 fully saturated rings. The fourth-order valence-electron chi connectivity index (χ4n) is 1.57. The molecule has 5 heteroatoms. The summed E-state index contributed by atoms with van der Waals surface area (Å²) < 4.78 is 0.701. The van der Waals surface area contributed by atoms with Gasteiger partial charge in [0, 0.05) is 11.3 Å². The minimum absolute atomic E-state index is 0.0316. The molecular weight excluding hydrogens is 347 g/mol. The van der Waals surface area contributed by atoms with Crippen LogP contribution >= 0.6 is 33.9 Å². The number of thiophene rings is 1. The van der Waals surface area contributed by atoms with Crippen LogP contribution in [0.5, 0.6) is 0 Å². The Hall–Kier alpha value is -0.690. The maximum atomic E-state index is 11.8. The molecule has 0 saturated carbocycles. The second kappa shape index (κ2) is 5.30. The molecule has 0 atom stereocenters. The number of aromatic nitrogens is 2. The van der Waals surface area contributed by atoms with Crippen molar-refractivity contribution >= 4 is 33.9 Å². The molecule has 17 heavy (non-hydrogen) atoms. The first-order valence-corrected chi connectivity index (χ1v) is 7.34. The van der Waals surface area contributed by atoms with Gasteiger partial charge in [0.15, 0.2) is 0 Å². The topological polar surface area (TPSA) is 45.8 Å². The highest BCUT2D eigenvalue weighted by molar-refractivity contribution is 14.1. The van der Waals surface area contributed by atoms with E-state index in [9.17, 15) is 4.79 Å². The molecule has 0 bridgehead atoms. The second-order valence-corrected chi connectivity index (χ2v) is 6.23. The van der Waals surface area contributed by atoms with Gasteiger partial charge in [0.1, 0.15) is 5.82 Å². The van der Waals surface area contributed by atoms with Crippen molar-refractivity contribution in [2.24, 2.45) is 0 Å². The van der Waals surface area contributed by atoms with Crippen LogP contribution in [0.3, 0.4) is 0 Å². The lowest BCUT2D eigenvalue weighted by Crippen LogP contribution is -2.19. The van der Waals surface area contributed by atoms with Crippen molar-refractivity contribution in [2.75, 3.05) is 0 Å². The van der Waals surface area contributed by atoms with Crippen LogP contribution in [0.25, 0.3) is 0 Å². The Balaban J connectivity index is 2.39. The molecule has 0 saturated heterocycles. The number of halogens is 1. The Morgan fingerprint density at radius 2 is 2.29 bits per heavy atom. The lowest BCUT2D eigenvalue weighted by molar-refractivity contribution is 0.776. The third kappa shape index (κ3) is 2.95. The van der Waals surface area contributed by atoms with Crippen LogP contribution in [0.1, 0.15) is 36.2 Å². The lowest BCUT2D eigenvalue weighted by Gasteiger charge is -2.08. The molecule has 0 spiro atoms. The molecular formula is C12H13IN2OS. The zero-order valence-corrected chi connectivity index (χ0v) is 12.6. The van der Waals surface area contributed by atoms with Crippen molar-refractivity contribution in [2.45, 2.75) is 26.2 Å². The van der Waals surface area contributed by atoms with Gasteiger partial charge in [-0.2, -0.15) is 0 Å². The standard InChI is InChI=1S/C12H13IN2OS/c1-7(2)11-10(13)12(16)15-9(14-11)6-8-4-3-5-17-8/h3-5,7H,6H2,1-2H3,(H,14,15,16). The zero-order chi connectivity index (χ0) is 12.4. The third-order valence-electron chi connectivity index (χ3n) is 2.41. The van der Waals surface area contributed by atoms with Gasteiger partial charge in [-0.05, 0) is 40.0 Å². The molecule has 0 amide bonds. The molecule has 0 aliphatic heterocycles. The van der Waals surface area contributed by atoms with Crippen molar-refractivity contribution in [1.29, 1.82) is 0 Å². The summed E-state index contributed by atoms with van der Waals surface area (Å²) in [6, 6.07) is 4.06. The Labute approximate surface area is 117 Å². The highest BCUT2D eigenvalue weighted by atomic mass is 127. The summed E-state index contributed by atoms with van der Waals surface area (Å²) >= 11 is 3.74. The van der Waals surface area contributed by atoms with Crippen LogP contribution in [0.4, 0.5) is 0 Å². The van der Waals surface area contributed by atoms with E-state index in [1.807, 2.05) is 11.4 Å². The zero-order valence-electron chi connectivity index (χ0n) is 9.66. The van der Waals surface area contributed by atoms with E-state index in [0.29, 0.717) is 9.99 Å². The van der Waals surface area contributed by atoms with Gasteiger partial charge < -0.3 is 4.98 Å². The number of rotatable bonds is 3. The molecule has 90 valence electrons. The average Bonchev–Trinajstić information content (AvgIpc) is 2.75. The van der Waals surface area contributed by atoms with Crippen LogP contribution in [0, 0.1) is 3.57 Å². The summed E-state index contributed by atoms with van der Waals surface area (Å²) in [4.78, 5) is 20.4. The molecule has 2 rings (SSSR count). The smallest absolute Gasteiger partial charge is 0.264 e. The quantitative estimate of drug-likeness (QED) is 0.855. The van der Waals surface area contributed by atoms with E-state index in [-0.39, 0.29) is 11.5 Å². The van der Waals surface area contributed by atoms with Crippen LogP contribution < -0.4 is 5.56 Å². The van der Waals surface area contributed by atoms with Crippen molar-refractivity contribution in [3.8, 4) is 0 Å². The molecule has 0 unspecified atom stereocenters. The molecule has 1 N–H and O–H groups in total. The van der Waals surface area contributed by atoms with Gasteiger partial charge >= 0.3 is 0 Å². The van der Waals surface area contributed by atoms with Crippen LogP contribution in [0.15, 0.2) is 22.3 Å². The largest absolute Gasteiger partial charge is 0.309 e. The molecule has 2 aromatic heterocycles. The number of H-pyrrole nitrogens is 1. The minimum Gasteiger partial charge on any atom is -0.309 e. The highest BCUT2D eigenvalue weighted by Crippen LogP contribution is 2.17. The van der Waals surface area contributed by atoms with Gasteiger partial charge in [-0.15, -0.1) is 11.3 Å². The fraction of sp³-hybridized carbons (Fsp3) is 0.333. The number of aromatic amines is 1. The van der Waals surface area contributed by atoms with E-state index in [1.54, 1.807) is 11.3 Å². The van der Waals surface area contributed by atoms with E-state index >= 15 is 0 Å². The van der Waals surface area contributed by atoms with Crippen molar-refractivity contribution in [3.63, 3.8) is 0 Å². The van der Waals surface area contributed by atoms with Gasteiger partial charge in [0.25, 0.3) is 5.56 Å². The lowest BCUT2D eigenvalue weighted by atomic mass is 10.1. The Morgan fingerprint density at radius 1 is 1.53 bits per heavy atom. The van der Waals surface area contributed by atoms with Crippen LogP contribution in [-0.2, 0) is 6.42 Å². The molecule has 2 heterocycles. The van der Waals surface area contributed by atoms with Crippen molar-refractivity contribution in [1.82, 2.24) is 9.97 Å². The third-order valence-corrected chi connectivity index (χ3v) is 4.33. The first kappa shape index (κ1) is 12.8. The summed E-state index contributed by atoms with van der Waals surface area (Å²) in [5.41, 5.74) is 0.858. The summed E-state index contributed by atoms with van der Waals surface area (Å²) in [7, 11) is 0. The minimum atomic E-state index is -0.0316. The maximum Gasteiger partial charge on any atom is 0.264 e. The maximum absolute atomic E-state index is 11.8. The first-order chi connectivity index (χ1) is 8.08.